The van der Waals surface area contributed by atoms with Gasteiger partial charge in [0.25, 0.3) is 0 Å². The Morgan fingerprint density at radius 2 is 2.18 bits per heavy atom. The van der Waals surface area contributed by atoms with Crippen LogP contribution in [-0.4, -0.2) is 18.1 Å². The second-order valence-corrected chi connectivity index (χ2v) is 7.11. The van der Waals surface area contributed by atoms with Crippen molar-refractivity contribution in [2.45, 2.75) is 57.9 Å². The maximum Gasteiger partial charge on any atom is 0.0931 e. The third kappa shape index (κ3) is 3.08. The van der Waals surface area contributed by atoms with Gasteiger partial charge in [0.2, 0.25) is 0 Å². The van der Waals surface area contributed by atoms with E-state index >= 15 is 0 Å². The van der Waals surface area contributed by atoms with Crippen LogP contribution in [0.1, 0.15) is 50.7 Å². The molecule has 17 heavy (non-hydrogen) atoms. The average molecular weight is 252 g/mol. The highest BCUT2D eigenvalue weighted by Crippen LogP contribution is 2.31. The fourth-order valence-corrected chi connectivity index (χ4v) is 3.75. The summed E-state index contributed by atoms with van der Waals surface area (Å²) in [5.74, 6) is 0.791. The van der Waals surface area contributed by atoms with E-state index in [2.05, 4.69) is 38.5 Å². The van der Waals surface area contributed by atoms with Crippen molar-refractivity contribution in [3.05, 3.63) is 16.1 Å². The minimum atomic E-state index is 0.187. The molecular formula is C14H24N2S. The maximum absolute atomic E-state index is 4.80. The summed E-state index contributed by atoms with van der Waals surface area (Å²) >= 11 is 1.84. The van der Waals surface area contributed by atoms with Crippen LogP contribution in [-0.2, 0) is 11.8 Å². The molecule has 1 aliphatic rings. The van der Waals surface area contributed by atoms with Crippen molar-refractivity contribution in [3.8, 4) is 0 Å². The zero-order valence-electron chi connectivity index (χ0n) is 11.4. The molecule has 0 aliphatic heterocycles. The number of aromatic nitrogens is 1. The van der Waals surface area contributed by atoms with Gasteiger partial charge < -0.3 is 5.32 Å². The van der Waals surface area contributed by atoms with Crippen molar-refractivity contribution in [3.63, 3.8) is 0 Å². The van der Waals surface area contributed by atoms with E-state index < -0.39 is 0 Å². The Kier molecular flexibility index (Phi) is 3.88. The van der Waals surface area contributed by atoms with Crippen LogP contribution in [0.25, 0.3) is 0 Å². The van der Waals surface area contributed by atoms with Crippen LogP contribution in [0.5, 0.6) is 0 Å². The molecule has 0 amide bonds. The number of nitrogens with one attached hydrogen (secondary N) is 1. The molecule has 0 radical (unpaired) electrons. The van der Waals surface area contributed by atoms with Crippen LogP contribution in [0, 0.1) is 5.92 Å². The van der Waals surface area contributed by atoms with Gasteiger partial charge in [-0.3, -0.25) is 0 Å². The minimum absolute atomic E-state index is 0.187. The average Bonchev–Trinajstić information content (AvgIpc) is 2.86. The van der Waals surface area contributed by atoms with E-state index in [-0.39, 0.29) is 5.41 Å². The topological polar surface area (TPSA) is 24.9 Å². The molecule has 2 unspecified atom stereocenters. The fourth-order valence-electron chi connectivity index (χ4n) is 2.63. The molecule has 0 spiro atoms. The predicted octanol–water partition coefficient (Wildman–Crippen LogP) is 3.37. The first-order valence-electron chi connectivity index (χ1n) is 6.63. The lowest BCUT2D eigenvalue weighted by molar-refractivity contribution is 0.422. The molecule has 1 N–H and O–H groups in total. The fraction of sp³-hybridized carbons (Fsp3) is 0.786. The summed E-state index contributed by atoms with van der Waals surface area (Å²) in [7, 11) is 2.09. The molecule has 1 aromatic heterocycles. The zero-order chi connectivity index (χ0) is 12.5. The molecule has 1 heterocycles. The van der Waals surface area contributed by atoms with Crippen LogP contribution in [0.4, 0.5) is 0 Å². The molecule has 1 aromatic rings. The second kappa shape index (κ2) is 5.07. The molecule has 0 saturated heterocycles. The van der Waals surface area contributed by atoms with Crippen molar-refractivity contribution < 1.29 is 0 Å². The van der Waals surface area contributed by atoms with Crippen LogP contribution in [0.3, 0.4) is 0 Å². The van der Waals surface area contributed by atoms with Gasteiger partial charge in [-0.05, 0) is 25.8 Å². The lowest BCUT2D eigenvalue weighted by Crippen LogP contribution is -2.30. The zero-order valence-corrected chi connectivity index (χ0v) is 12.2. The van der Waals surface area contributed by atoms with Gasteiger partial charge in [0, 0.05) is 23.3 Å². The van der Waals surface area contributed by atoms with Crippen molar-refractivity contribution in [1.29, 1.82) is 0 Å². The highest BCUT2D eigenvalue weighted by atomic mass is 32.1. The van der Waals surface area contributed by atoms with E-state index in [1.54, 1.807) is 0 Å². The SMILES string of the molecule is CNC1CCCC1Cc1nc(C(C)(C)C)cs1. The van der Waals surface area contributed by atoms with E-state index in [9.17, 15) is 0 Å². The highest BCUT2D eigenvalue weighted by Gasteiger charge is 2.27. The second-order valence-electron chi connectivity index (χ2n) is 6.17. The summed E-state index contributed by atoms with van der Waals surface area (Å²) in [6.07, 6.45) is 5.22. The quantitative estimate of drug-likeness (QED) is 0.892. The van der Waals surface area contributed by atoms with Gasteiger partial charge in [0.1, 0.15) is 0 Å². The Morgan fingerprint density at radius 1 is 1.41 bits per heavy atom. The highest BCUT2D eigenvalue weighted by molar-refractivity contribution is 7.09. The summed E-state index contributed by atoms with van der Waals surface area (Å²) in [6.45, 7) is 6.70. The largest absolute Gasteiger partial charge is 0.317 e. The molecular weight excluding hydrogens is 228 g/mol. The number of thiazole rings is 1. The van der Waals surface area contributed by atoms with E-state index in [0.717, 1.165) is 12.3 Å². The van der Waals surface area contributed by atoms with Crippen LogP contribution in [0.15, 0.2) is 5.38 Å². The van der Waals surface area contributed by atoms with Gasteiger partial charge in [0.05, 0.1) is 10.7 Å². The van der Waals surface area contributed by atoms with Gasteiger partial charge in [-0.15, -0.1) is 11.3 Å². The van der Waals surface area contributed by atoms with Crippen LogP contribution in [0.2, 0.25) is 0 Å². The molecule has 3 heteroatoms. The first-order valence-corrected chi connectivity index (χ1v) is 7.51. The molecule has 96 valence electrons. The molecule has 0 aromatic carbocycles. The Morgan fingerprint density at radius 3 is 2.76 bits per heavy atom. The van der Waals surface area contributed by atoms with Crippen molar-refractivity contribution in [2.24, 2.45) is 5.92 Å². The Bertz CT molecular complexity index is 365. The Balaban J connectivity index is 2.02. The van der Waals surface area contributed by atoms with Gasteiger partial charge in [0.15, 0.2) is 0 Å². The molecule has 2 nitrogen and oxygen atoms in total. The van der Waals surface area contributed by atoms with E-state index in [1.165, 1.54) is 30.0 Å². The lowest BCUT2D eigenvalue weighted by atomic mass is 9.93. The number of rotatable bonds is 3. The third-order valence-corrected chi connectivity index (χ3v) is 4.66. The summed E-state index contributed by atoms with van der Waals surface area (Å²) < 4.78 is 0. The van der Waals surface area contributed by atoms with Crippen molar-refractivity contribution in [1.82, 2.24) is 10.3 Å². The van der Waals surface area contributed by atoms with Crippen molar-refractivity contribution >= 4 is 11.3 Å². The van der Waals surface area contributed by atoms with Gasteiger partial charge in [-0.2, -0.15) is 0 Å². The van der Waals surface area contributed by atoms with Gasteiger partial charge in [-0.25, -0.2) is 4.98 Å². The number of hydrogen-bond donors (Lipinski definition) is 1. The predicted molar refractivity (Wildman–Crippen MR) is 74.7 cm³/mol. The molecule has 1 fully saturated rings. The van der Waals surface area contributed by atoms with E-state index in [4.69, 9.17) is 4.98 Å². The first kappa shape index (κ1) is 13.0. The van der Waals surface area contributed by atoms with Gasteiger partial charge in [-0.1, -0.05) is 27.2 Å². The summed E-state index contributed by atoms with van der Waals surface area (Å²) in [4.78, 5) is 4.80. The smallest absolute Gasteiger partial charge is 0.0931 e. The monoisotopic (exact) mass is 252 g/mol. The van der Waals surface area contributed by atoms with E-state index in [0.29, 0.717) is 6.04 Å². The summed E-state index contributed by atoms with van der Waals surface area (Å²) in [6, 6.07) is 0.706. The first-order chi connectivity index (χ1) is 8.00. The van der Waals surface area contributed by atoms with Crippen LogP contribution < -0.4 is 5.32 Å². The molecule has 2 rings (SSSR count). The third-order valence-electron chi connectivity index (χ3n) is 3.79. The normalized spacial score (nSPS) is 25.4. The molecule has 1 aliphatic carbocycles. The standard InChI is InChI=1S/C14H24N2S/c1-14(2,3)12-9-17-13(16-12)8-10-6-5-7-11(10)15-4/h9-11,15H,5-8H2,1-4H3. The van der Waals surface area contributed by atoms with Crippen molar-refractivity contribution in [2.75, 3.05) is 7.05 Å². The number of hydrogen-bond acceptors (Lipinski definition) is 3. The summed E-state index contributed by atoms with van der Waals surface area (Å²) in [5, 5.41) is 7.00. The lowest BCUT2D eigenvalue weighted by Gasteiger charge is -2.18. The van der Waals surface area contributed by atoms with Gasteiger partial charge >= 0.3 is 0 Å². The molecule has 1 saturated carbocycles. The Labute approximate surface area is 109 Å². The Hall–Kier alpha value is -0.410. The minimum Gasteiger partial charge on any atom is -0.317 e. The van der Waals surface area contributed by atoms with E-state index in [1.807, 2.05) is 11.3 Å². The number of nitrogens with zero attached hydrogens (tertiary/aromatic N) is 1. The summed E-state index contributed by atoms with van der Waals surface area (Å²) in [5.41, 5.74) is 1.43. The molecule has 2 atom stereocenters. The van der Waals surface area contributed by atoms with Crippen LogP contribution >= 0.6 is 11.3 Å². The maximum atomic E-state index is 4.80. The molecule has 0 bridgehead atoms.